The van der Waals surface area contributed by atoms with Crippen molar-refractivity contribution in [2.75, 3.05) is 26.1 Å². The molecule has 0 aliphatic heterocycles. The number of methoxy groups -OCH3 is 1. The van der Waals surface area contributed by atoms with Crippen molar-refractivity contribution in [1.29, 1.82) is 0 Å². The molecule has 0 spiro atoms. The minimum Gasteiger partial charge on any atom is -0.383 e. The third-order valence-electron chi connectivity index (χ3n) is 1.64. The van der Waals surface area contributed by atoms with Gasteiger partial charge in [-0.2, -0.15) is 5.10 Å². The summed E-state index contributed by atoms with van der Waals surface area (Å²) in [5.74, 6) is 0. The fourth-order valence-corrected chi connectivity index (χ4v) is 0.929. The molecule has 2 amide bonds. The van der Waals surface area contributed by atoms with Crippen molar-refractivity contribution >= 4 is 11.7 Å². The van der Waals surface area contributed by atoms with E-state index >= 15 is 0 Å². The molecule has 0 saturated carbocycles. The first-order valence-electron chi connectivity index (χ1n) is 4.26. The minimum absolute atomic E-state index is 0.253. The summed E-state index contributed by atoms with van der Waals surface area (Å²) in [7, 11) is 3.19. The van der Waals surface area contributed by atoms with Gasteiger partial charge in [-0.1, -0.05) is 0 Å². The van der Waals surface area contributed by atoms with E-state index in [9.17, 15) is 4.79 Å². The summed E-state index contributed by atoms with van der Waals surface area (Å²) in [5.41, 5.74) is 0.667. The quantitative estimate of drug-likeness (QED) is 0.730. The number of anilines is 1. The van der Waals surface area contributed by atoms with Crippen molar-refractivity contribution in [3.05, 3.63) is 12.4 Å². The molecule has 1 aromatic heterocycles. The zero-order chi connectivity index (χ0) is 10.4. The van der Waals surface area contributed by atoms with Gasteiger partial charge >= 0.3 is 6.03 Å². The van der Waals surface area contributed by atoms with Gasteiger partial charge in [-0.05, 0) is 0 Å². The van der Waals surface area contributed by atoms with Gasteiger partial charge < -0.3 is 15.4 Å². The van der Waals surface area contributed by atoms with Gasteiger partial charge in [0, 0.05) is 20.4 Å². The van der Waals surface area contributed by atoms with E-state index in [1.54, 1.807) is 31.2 Å². The summed E-state index contributed by atoms with van der Waals surface area (Å²) in [6, 6.07) is -0.253. The van der Waals surface area contributed by atoms with E-state index in [2.05, 4.69) is 15.7 Å². The highest BCUT2D eigenvalue weighted by atomic mass is 16.5. The molecule has 0 unspecified atom stereocenters. The Morgan fingerprint density at radius 1 is 1.71 bits per heavy atom. The molecule has 0 saturated heterocycles. The molecular formula is C8H14N4O2. The van der Waals surface area contributed by atoms with E-state index in [4.69, 9.17) is 4.74 Å². The molecule has 6 heteroatoms. The predicted octanol–water partition coefficient (Wildman–Crippen LogP) is 0.281. The molecule has 1 heterocycles. The number of rotatable bonds is 4. The third kappa shape index (κ3) is 3.06. The number of nitrogens with one attached hydrogen (secondary N) is 2. The molecular weight excluding hydrogens is 184 g/mol. The Kier molecular flexibility index (Phi) is 3.93. The van der Waals surface area contributed by atoms with Crippen LogP contribution >= 0.6 is 0 Å². The van der Waals surface area contributed by atoms with Crippen LogP contribution in [-0.2, 0) is 11.3 Å². The van der Waals surface area contributed by atoms with E-state index in [-0.39, 0.29) is 6.03 Å². The fourth-order valence-electron chi connectivity index (χ4n) is 0.929. The Morgan fingerprint density at radius 2 is 2.50 bits per heavy atom. The zero-order valence-electron chi connectivity index (χ0n) is 8.28. The summed E-state index contributed by atoms with van der Waals surface area (Å²) < 4.78 is 6.60. The largest absolute Gasteiger partial charge is 0.383 e. The molecule has 0 radical (unpaired) electrons. The molecule has 2 N–H and O–H groups in total. The maximum absolute atomic E-state index is 10.9. The average molecular weight is 198 g/mol. The van der Waals surface area contributed by atoms with Crippen LogP contribution in [0.5, 0.6) is 0 Å². The van der Waals surface area contributed by atoms with Crippen LogP contribution in [-0.4, -0.2) is 36.6 Å². The van der Waals surface area contributed by atoms with Gasteiger partial charge in [0.05, 0.1) is 25.0 Å². The molecule has 0 aromatic carbocycles. The first kappa shape index (κ1) is 10.5. The van der Waals surface area contributed by atoms with Crippen molar-refractivity contribution in [3.63, 3.8) is 0 Å². The first-order valence-corrected chi connectivity index (χ1v) is 4.26. The van der Waals surface area contributed by atoms with Crippen LogP contribution in [0.4, 0.5) is 10.5 Å². The van der Waals surface area contributed by atoms with Crippen molar-refractivity contribution in [2.24, 2.45) is 0 Å². The van der Waals surface area contributed by atoms with Gasteiger partial charge in [-0.3, -0.25) is 4.68 Å². The summed E-state index contributed by atoms with van der Waals surface area (Å²) in [6.45, 7) is 1.27. The predicted molar refractivity (Wildman–Crippen MR) is 52.2 cm³/mol. The lowest BCUT2D eigenvalue weighted by Crippen LogP contribution is -2.24. The summed E-state index contributed by atoms with van der Waals surface area (Å²) in [4.78, 5) is 10.9. The van der Waals surface area contributed by atoms with Gasteiger partial charge in [-0.25, -0.2) is 4.79 Å². The summed E-state index contributed by atoms with van der Waals surface area (Å²) >= 11 is 0. The zero-order valence-corrected chi connectivity index (χ0v) is 8.28. The van der Waals surface area contributed by atoms with Gasteiger partial charge in [0.25, 0.3) is 0 Å². The second-order valence-corrected chi connectivity index (χ2v) is 2.69. The lowest BCUT2D eigenvalue weighted by Gasteiger charge is -2.00. The van der Waals surface area contributed by atoms with Gasteiger partial charge in [0.1, 0.15) is 0 Å². The molecule has 6 nitrogen and oxygen atoms in total. The SMILES string of the molecule is CNC(=O)Nc1cnn(CCOC)c1. The van der Waals surface area contributed by atoms with Crippen molar-refractivity contribution in [1.82, 2.24) is 15.1 Å². The van der Waals surface area contributed by atoms with Gasteiger partial charge in [0.15, 0.2) is 0 Å². The van der Waals surface area contributed by atoms with Crippen LogP contribution in [0.1, 0.15) is 0 Å². The number of hydrogen-bond acceptors (Lipinski definition) is 3. The van der Waals surface area contributed by atoms with Crippen molar-refractivity contribution < 1.29 is 9.53 Å². The van der Waals surface area contributed by atoms with Crippen LogP contribution in [0, 0.1) is 0 Å². The number of urea groups is 1. The van der Waals surface area contributed by atoms with Crippen LogP contribution < -0.4 is 10.6 Å². The van der Waals surface area contributed by atoms with E-state index in [1.807, 2.05) is 0 Å². The number of carbonyl (C=O) groups excluding carboxylic acids is 1. The number of ether oxygens (including phenoxy) is 1. The lowest BCUT2D eigenvalue weighted by molar-refractivity contribution is 0.183. The van der Waals surface area contributed by atoms with Crippen LogP contribution in [0.25, 0.3) is 0 Å². The topological polar surface area (TPSA) is 68.2 Å². The number of carbonyl (C=O) groups is 1. The monoisotopic (exact) mass is 198 g/mol. The van der Waals surface area contributed by atoms with Gasteiger partial charge in [-0.15, -0.1) is 0 Å². The van der Waals surface area contributed by atoms with E-state index in [0.29, 0.717) is 18.8 Å². The van der Waals surface area contributed by atoms with Crippen LogP contribution in [0.15, 0.2) is 12.4 Å². The first-order chi connectivity index (χ1) is 6.76. The Bertz CT molecular complexity index is 297. The number of amides is 2. The molecule has 1 aromatic rings. The highest BCUT2D eigenvalue weighted by molar-refractivity contribution is 5.88. The second kappa shape index (κ2) is 5.23. The second-order valence-electron chi connectivity index (χ2n) is 2.69. The average Bonchev–Trinajstić information content (AvgIpc) is 2.62. The number of hydrogen-bond donors (Lipinski definition) is 2. The highest BCUT2D eigenvalue weighted by Gasteiger charge is 2.01. The molecule has 0 bridgehead atoms. The molecule has 14 heavy (non-hydrogen) atoms. The molecule has 1 rings (SSSR count). The Balaban J connectivity index is 2.46. The van der Waals surface area contributed by atoms with Crippen molar-refractivity contribution in [3.8, 4) is 0 Å². The Labute approximate surface area is 82.2 Å². The Morgan fingerprint density at radius 3 is 3.14 bits per heavy atom. The highest BCUT2D eigenvalue weighted by Crippen LogP contribution is 2.03. The molecule has 0 atom stereocenters. The third-order valence-corrected chi connectivity index (χ3v) is 1.64. The Hall–Kier alpha value is -1.56. The molecule has 0 aliphatic carbocycles. The standard InChI is InChI=1S/C8H14N4O2/c1-9-8(13)11-7-5-10-12(6-7)3-4-14-2/h5-6H,3-4H2,1-2H3,(H2,9,11,13). The van der Waals surface area contributed by atoms with Crippen LogP contribution in [0.2, 0.25) is 0 Å². The normalized spacial score (nSPS) is 9.86. The number of aromatic nitrogens is 2. The summed E-state index contributed by atoms with van der Waals surface area (Å²) in [6.07, 6.45) is 3.33. The van der Waals surface area contributed by atoms with Gasteiger partial charge in [0.2, 0.25) is 0 Å². The molecule has 78 valence electrons. The van der Waals surface area contributed by atoms with E-state index in [0.717, 1.165) is 0 Å². The van der Waals surface area contributed by atoms with Crippen molar-refractivity contribution in [2.45, 2.75) is 6.54 Å². The smallest absolute Gasteiger partial charge is 0.319 e. The van der Waals surface area contributed by atoms with E-state index < -0.39 is 0 Å². The summed E-state index contributed by atoms with van der Waals surface area (Å²) in [5, 5.41) is 9.10. The van der Waals surface area contributed by atoms with Crippen LogP contribution in [0.3, 0.4) is 0 Å². The van der Waals surface area contributed by atoms with E-state index in [1.165, 1.54) is 0 Å². The molecule has 0 fully saturated rings. The fraction of sp³-hybridized carbons (Fsp3) is 0.500. The number of nitrogens with zero attached hydrogens (tertiary/aromatic N) is 2. The lowest BCUT2D eigenvalue weighted by atomic mass is 10.5. The maximum atomic E-state index is 10.9. The molecule has 0 aliphatic rings. The minimum atomic E-state index is -0.253. The maximum Gasteiger partial charge on any atom is 0.319 e.